The zero-order chi connectivity index (χ0) is 24.4. The number of para-hydroxylation sites is 1. The van der Waals surface area contributed by atoms with Crippen LogP contribution in [0.1, 0.15) is 21.6 Å². The highest BCUT2D eigenvalue weighted by Crippen LogP contribution is 2.27. The average molecular weight is 465 g/mol. The molecule has 5 aromatic rings. The van der Waals surface area contributed by atoms with Crippen LogP contribution in [0, 0.1) is 6.92 Å². The van der Waals surface area contributed by atoms with Crippen LogP contribution in [0.5, 0.6) is 5.75 Å². The van der Waals surface area contributed by atoms with E-state index in [0.717, 1.165) is 39.1 Å². The third-order valence-electron chi connectivity index (χ3n) is 5.96. The first-order chi connectivity index (χ1) is 17.0. The molecule has 0 aliphatic rings. The number of nitrogens with one attached hydrogen (secondary N) is 3. The third-order valence-corrected chi connectivity index (χ3v) is 5.96. The Morgan fingerprint density at radius 1 is 0.914 bits per heavy atom. The van der Waals surface area contributed by atoms with Gasteiger partial charge in [0.05, 0.1) is 11.0 Å². The van der Waals surface area contributed by atoms with Crippen molar-refractivity contribution in [3.05, 3.63) is 106 Å². The maximum absolute atomic E-state index is 12.5. The van der Waals surface area contributed by atoms with Gasteiger partial charge in [0.25, 0.3) is 11.5 Å². The van der Waals surface area contributed by atoms with Crippen molar-refractivity contribution in [3.8, 4) is 28.3 Å². The van der Waals surface area contributed by atoms with Crippen molar-refractivity contribution in [2.45, 2.75) is 13.3 Å². The molecule has 0 bridgehead atoms. The Balaban J connectivity index is 1.27. The molecule has 0 spiro atoms. The normalized spacial score (nSPS) is 11.0. The summed E-state index contributed by atoms with van der Waals surface area (Å²) in [5, 5.41) is 12.2. The molecule has 2 heterocycles. The average Bonchev–Trinajstić information content (AvgIpc) is 3.32. The molecule has 0 saturated heterocycles. The number of hydrogen-bond donors (Lipinski definition) is 4. The van der Waals surface area contributed by atoms with Gasteiger partial charge >= 0.3 is 0 Å². The van der Waals surface area contributed by atoms with Gasteiger partial charge in [0.2, 0.25) is 0 Å². The number of benzene rings is 3. The molecule has 0 aliphatic carbocycles. The number of carbonyl (C=O) groups excluding carboxylic acids is 1. The Hall–Kier alpha value is -4.65. The van der Waals surface area contributed by atoms with Crippen LogP contribution in [0.25, 0.3) is 33.5 Å². The predicted octanol–water partition coefficient (Wildman–Crippen LogP) is 4.57. The SMILES string of the molecule is Cc1cccc2[nH]c(-c3cccc(-c4ccc(C(=O)NCCc5ccc(O)c(=O)[nH]5)cc4)c3)nc12. The minimum Gasteiger partial charge on any atom is -0.503 e. The molecule has 7 heteroatoms. The molecular formula is C28H24N4O3. The summed E-state index contributed by atoms with van der Waals surface area (Å²) in [6, 6.07) is 24.6. The number of hydrogen-bond acceptors (Lipinski definition) is 4. The van der Waals surface area contributed by atoms with Gasteiger partial charge in [0.15, 0.2) is 5.75 Å². The number of H-pyrrole nitrogens is 2. The molecule has 0 radical (unpaired) electrons. The maximum atomic E-state index is 12.5. The van der Waals surface area contributed by atoms with Gasteiger partial charge in [-0.1, -0.05) is 42.5 Å². The molecule has 0 saturated carbocycles. The van der Waals surface area contributed by atoms with E-state index in [1.165, 1.54) is 6.07 Å². The van der Waals surface area contributed by atoms with Crippen LogP contribution in [0.3, 0.4) is 0 Å². The van der Waals surface area contributed by atoms with Crippen molar-refractivity contribution in [2.75, 3.05) is 6.54 Å². The second kappa shape index (κ2) is 9.30. The molecule has 2 aromatic heterocycles. The van der Waals surface area contributed by atoms with E-state index in [2.05, 4.69) is 34.3 Å². The maximum Gasteiger partial charge on any atom is 0.290 e. The molecule has 3 aromatic carbocycles. The number of aromatic nitrogens is 3. The summed E-state index contributed by atoms with van der Waals surface area (Å²) in [5.41, 5.74) is 6.79. The Morgan fingerprint density at radius 2 is 1.69 bits per heavy atom. The molecular weight excluding hydrogens is 440 g/mol. The summed E-state index contributed by atoms with van der Waals surface area (Å²) < 4.78 is 0. The molecule has 0 aliphatic heterocycles. The van der Waals surface area contributed by atoms with Gasteiger partial charge in [-0.2, -0.15) is 0 Å². The van der Waals surface area contributed by atoms with E-state index < -0.39 is 5.56 Å². The quantitative estimate of drug-likeness (QED) is 0.295. The highest BCUT2D eigenvalue weighted by atomic mass is 16.3. The van der Waals surface area contributed by atoms with Gasteiger partial charge in [-0.15, -0.1) is 0 Å². The highest BCUT2D eigenvalue weighted by molar-refractivity contribution is 5.94. The molecule has 5 rings (SSSR count). The zero-order valence-corrected chi connectivity index (χ0v) is 19.1. The lowest BCUT2D eigenvalue weighted by Gasteiger charge is -2.08. The van der Waals surface area contributed by atoms with Crippen LogP contribution in [0.2, 0.25) is 0 Å². The van der Waals surface area contributed by atoms with Crippen molar-refractivity contribution in [1.82, 2.24) is 20.3 Å². The van der Waals surface area contributed by atoms with Crippen molar-refractivity contribution < 1.29 is 9.90 Å². The van der Waals surface area contributed by atoms with E-state index in [4.69, 9.17) is 4.98 Å². The first kappa shape index (κ1) is 22.2. The summed E-state index contributed by atoms with van der Waals surface area (Å²) in [6.45, 7) is 2.41. The molecule has 0 unspecified atom stereocenters. The first-order valence-electron chi connectivity index (χ1n) is 11.3. The number of nitrogens with zero attached hydrogens (tertiary/aromatic N) is 1. The molecule has 35 heavy (non-hydrogen) atoms. The largest absolute Gasteiger partial charge is 0.503 e. The minimum absolute atomic E-state index is 0.191. The lowest BCUT2D eigenvalue weighted by Crippen LogP contribution is -2.26. The Kier molecular flexibility index (Phi) is 5.89. The zero-order valence-electron chi connectivity index (χ0n) is 19.1. The Morgan fingerprint density at radius 3 is 2.46 bits per heavy atom. The van der Waals surface area contributed by atoms with Crippen molar-refractivity contribution in [3.63, 3.8) is 0 Å². The number of aromatic hydroxyl groups is 1. The van der Waals surface area contributed by atoms with Crippen LogP contribution in [0.4, 0.5) is 0 Å². The number of aryl methyl sites for hydroxylation is 1. The van der Waals surface area contributed by atoms with Gasteiger partial charge in [-0.05, 0) is 60.0 Å². The van der Waals surface area contributed by atoms with Crippen LogP contribution in [0.15, 0.2) is 83.7 Å². The standard InChI is InChI=1S/C28H24N4O3/c1-17-4-2-7-23-25(17)32-26(31-23)21-6-3-5-20(16-21)18-8-10-19(11-9-18)27(34)29-15-14-22-12-13-24(33)28(35)30-22/h2-13,16,33H,14-15H2,1H3,(H,29,34)(H,30,35)(H,31,32). The highest BCUT2D eigenvalue weighted by Gasteiger charge is 2.10. The summed E-state index contributed by atoms with van der Waals surface area (Å²) in [6.07, 6.45) is 0.452. The summed E-state index contributed by atoms with van der Waals surface area (Å²) in [7, 11) is 0. The lowest BCUT2D eigenvalue weighted by atomic mass is 10.0. The molecule has 7 nitrogen and oxygen atoms in total. The number of amides is 1. The van der Waals surface area contributed by atoms with Gasteiger partial charge < -0.3 is 20.4 Å². The van der Waals surface area contributed by atoms with Crippen LogP contribution in [-0.2, 0) is 6.42 Å². The van der Waals surface area contributed by atoms with E-state index >= 15 is 0 Å². The molecule has 4 N–H and O–H groups in total. The van der Waals surface area contributed by atoms with Crippen molar-refractivity contribution in [2.24, 2.45) is 0 Å². The van der Waals surface area contributed by atoms with E-state index in [-0.39, 0.29) is 11.7 Å². The second-order valence-electron chi connectivity index (χ2n) is 8.42. The molecule has 0 fully saturated rings. The van der Waals surface area contributed by atoms with E-state index in [1.54, 1.807) is 18.2 Å². The van der Waals surface area contributed by atoms with Gasteiger partial charge in [-0.25, -0.2) is 4.98 Å². The Bertz CT molecular complexity index is 1580. The Labute approximate surface area is 201 Å². The first-order valence-corrected chi connectivity index (χ1v) is 11.3. The fourth-order valence-corrected chi connectivity index (χ4v) is 4.04. The van der Waals surface area contributed by atoms with E-state index in [9.17, 15) is 14.7 Å². The fraction of sp³-hybridized carbons (Fsp3) is 0.107. The number of imidazole rings is 1. The number of pyridine rings is 1. The number of fused-ring (bicyclic) bond motifs is 1. The third kappa shape index (κ3) is 4.70. The van der Waals surface area contributed by atoms with E-state index in [1.807, 2.05) is 42.5 Å². The van der Waals surface area contributed by atoms with Crippen LogP contribution in [-0.4, -0.2) is 32.5 Å². The van der Waals surface area contributed by atoms with Crippen molar-refractivity contribution >= 4 is 16.9 Å². The minimum atomic E-state index is -0.538. The summed E-state index contributed by atoms with van der Waals surface area (Å²) in [5.74, 6) is 0.308. The van der Waals surface area contributed by atoms with E-state index in [0.29, 0.717) is 24.2 Å². The second-order valence-corrected chi connectivity index (χ2v) is 8.42. The van der Waals surface area contributed by atoms with Gasteiger partial charge in [0, 0.05) is 29.8 Å². The molecule has 0 atom stereocenters. The smallest absolute Gasteiger partial charge is 0.290 e. The molecule has 1 amide bonds. The van der Waals surface area contributed by atoms with Crippen LogP contribution < -0.4 is 10.9 Å². The lowest BCUT2D eigenvalue weighted by molar-refractivity contribution is 0.0954. The monoisotopic (exact) mass is 464 g/mol. The van der Waals surface area contributed by atoms with Gasteiger partial charge in [0.1, 0.15) is 5.82 Å². The van der Waals surface area contributed by atoms with Crippen LogP contribution >= 0.6 is 0 Å². The summed E-state index contributed by atoms with van der Waals surface area (Å²) in [4.78, 5) is 34.7. The molecule has 174 valence electrons. The topological polar surface area (TPSA) is 111 Å². The number of aromatic amines is 2. The number of carbonyl (C=O) groups is 1. The predicted molar refractivity (Wildman–Crippen MR) is 136 cm³/mol. The summed E-state index contributed by atoms with van der Waals surface area (Å²) >= 11 is 0. The fourth-order valence-electron chi connectivity index (χ4n) is 4.04. The van der Waals surface area contributed by atoms with Gasteiger partial charge in [-0.3, -0.25) is 9.59 Å². The number of rotatable bonds is 6. The van der Waals surface area contributed by atoms with Crippen molar-refractivity contribution in [1.29, 1.82) is 0 Å².